The molecule has 0 spiro atoms. The van der Waals surface area contributed by atoms with Gasteiger partial charge in [0, 0.05) is 12.0 Å². The highest BCUT2D eigenvalue weighted by Gasteiger charge is 2.12. The van der Waals surface area contributed by atoms with Gasteiger partial charge in [-0.15, -0.1) is 0 Å². The summed E-state index contributed by atoms with van der Waals surface area (Å²) in [5.74, 6) is 1.20. The van der Waals surface area contributed by atoms with Crippen molar-refractivity contribution in [2.24, 2.45) is 5.73 Å². The number of nitrogens with one attached hydrogen (secondary N) is 1. The van der Waals surface area contributed by atoms with E-state index in [1.165, 1.54) is 4.40 Å². The summed E-state index contributed by atoms with van der Waals surface area (Å²) < 4.78 is 1.53. The Morgan fingerprint density at radius 1 is 1.50 bits per heavy atom. The van der Waals surface area contributed by atoms with Crippen LogP contribution in [-0.2, 0) is 12.8 Å². The van der Waals surface area contributed by atoms with E-state index in [-0.39, 0.29) is 5.56 Å². The number of fused-ring (bicyclic) bond motifs is 1. The number of rotatable bonds is 3. The fraction of sp³-hybridized carbons (Fsp3) is 0.500. The molecular weight excluding hydrogens is 206 g/mol. The molecule has 0 aliphatic rings. The lowest BCUT2D eigenvalue weighted by Crippen LogP contribution is -2.24. The van der Waals surface area contributed by atoms with Crippen LogP contribution in [0.4, 0.5) is 0 Å². The van der Waals surface area contributed by atoms with E-state index in [0.29, 0.717) is 36.6 Å². The molecular formula is C10H15N5O. The largest absolute Gasteiger partial charge is 0.330 e. The van der Waals surface area contributed by atoms with Crippen LogP contribution in [0.5, 0.6) is 0 Å². The van der Waals surface area contributed by atoms with Gasteiger partial charge in [-0.25, -0.2) is 14.5 Å². The molecule has 0 saturated carbocycles. The number of nitrogens with zero attached hydrogens (tertiary/aromatic N) is 3. The molecule has 2 heterocycles. The molecule has 3 N–H and O–H groups in total. The normalized spacial score (nSPS) is 11.2. The minimum atomic E-state index is -0.0569. The Labute approximate surface area is 92.5 Å². The van der Waals surface area contributed by atoms with E-state index in [4.69, 9.17) is 5.73 Å². The molecule has 2 rings (SSSR count). The number of aromatic nitrogens is 4. The molecule has 0 atom stereocenters. The van der Waals surface area contributed by atoms with Gasteiger partial charge in [-0.3, -0.25) is 4.79 Å². The average molecular weight is 221 g/mol. The van der Waals surface area contributed by atoms with Gasteiger partial charge in [0.1, 0.15) is 5.82 Å². The van der Waals surface area contributed by atoms with Crippen molar-refractivity contribution in [1.82, 2.24) is 19.6 Å². The highest BCUT2D eigenvalue weighted by molar-refractivity contribution is 5.33. The molecule has 0 saturated heterocycles. The summed E-state index contributed by atoms with van der Waals surface area (Å²) in [4.78, 5) is 16.5. The number of aromatic amines is 1. The molecule has 0 aliphatic carbocycles. The molecule has 0 bridgehead atoms. The smallest absolute Gasteiger partial charge is 0.264 e. The van der Waals surface area contributed by atoms with Crippen molar-refractivity contribution in [1.29, 1.82) is 0 Å². The van der Waals surface area contributed by atoms with Crippen LogP contribution in [-0.4, -0.2) is 26.1 Å². The fourth-order valence-electron chi connectivity index (χ4n) is 1.81. The van der Waals surface area contributed by atoms with Gasteiger partial charge in [0.05, 0.1) is 5.69 Å². The average Bonchev–Trinajstić information content (AvgIpc) is 2.67. The van der Waals surface area contributed by atoms with Crippen molar-refractivity contribution in [3.8, 4) is 0 Å². The van der Waals surface area contributed by atoms with Crippen molar-refractivity contribution in [2.45, 2.75) is 26.7 Å². The predicted octanol–water partition coefficient (Wildman–Crippen LogP) is -0.210. The minimum absolute atomic E-state index is 0.0569. The summed E-state index contributed by atoms with van der Waals surface area (Å²) in [5, 5.41) is 6.82. The highest BCUT2D eigenvalue weighted by Crippen LogP contribution is 2.04. The van der Waals surface area contributed by atoms with Crippen LogP contribution in [0.2, 0.25) is 0 Å². The third-order valence-electron chi connectivity index (χ3n) is 2.64. The lowest BCUT2D eigenvalue weighted by atomic mass is 10.2. The van der Waals surface area contributed by atoms with E-state index < -0.39 is 0 Å². The van der Waals surface area contributed by atoms with E-state index in [9.17, 15) is 4.79 Å². The Balaban J connectivity index is 2.78. The van der Waals surface area contributed by atoms with Crippen molar-refractivity contribution >= 4 is 5.78 Å². The zero-order valence-electron chi connectivity index (χ0n) is 9.45. The molecule has 2 aromatic heterocycles. The van der Waals surface area contributed by atoms with Gasteiger partial charge >= 0.3 is 0 Å². The predicted molar refractivity (Wildman–Crippen MR) is 60.5 cm³/mol. The van der Waals surface area contributed by atoms with Gasteiger partial charge in [-0.1, -0.05) is 6.92 Å². The molecule has 0 aromatic carbocycles. The molecule has 6 nitrogen and oxygen atoms in total. The quantitative estimate of drug-likeness (QED) is 0.750. The summed E-state index contributed by atoms with van der Waals surface area (Å²) in [6, 6.07) is 0. The Morgan fingerprint density at radius 3 is 2.88 bits per heavy atom. The van der Waals surface area contributed by atoms with Crippen LogP contribution in [0, 0.1) is 6.92 Å². The maximum atomic E-state index is 12.2. The molecule has 16 heavy (non-hydrogen) atoms. The number of aryl methyl sites for hydroxylation is 2. The highest BCUT2D eigenvalue weighted by atomic mass is 16.1. The Morgan fingerprint density at radius 2 is 2.25 bits per heavy atom. The topological polar surface area (TPSA) is 89.1 Å². The second-order valence-corrected chi connectivity index (χ2v) is 3.67. The fourth-order valence-corrected chi connectivity index (χ4v) is 1.81. The van der Waals surface area contributed by atoms with E-state index in [1.54, 1.807) is 0 Å². The number of hydrogen-bond acceptors (Lipinski definition) is 4. The van der Waals surface area contributed by atoms with Crippen molar-refractivity contribution < 1.29 is 0 Å². The van der Waals surface area contributed by atoms with Crippen LogP contribution in [0.25, 0.3) is 5.78 Å². The maximum Gasteiger partial charge on any atom is 0.264 e. The van der Waals surface area contributed by atoms with Gasteiger partial charge in [-0.2, -0.15) is 5.10 Å². The Kier molecular flexibility index (Phi) is 2.74. The third kappa shape index (κ3) is 1.51. The first-order valence-corrected chi connectivity index (χ1v) is 5.34. The molecule has 86 valence electrons. The Bertz CT molecular complexity index is 568. The van der Waals surface area contributed by atoms with E-state index in [1.807, 2.05) is 13.8 Å². The van der Waals surface area contributed by atoms with Crippen LogP contribution in [0.15, 0.2) is 4.79 Å². The van der Waals surface area contributed by atoms with Crippen molar-refractivity contribution in [3.63, 3.8) is 0 Å². The van der Waals surface area contributed by atoms with Crippen LogP contribution >= 0.6 is 0 Å². The zero-order valence-corrected chi connectivity index (χ0v) is 9.45. The molecule has 0 aliphatic heterocycles. The molecule has 0 fully saturated rings. The van der Waals surface area contributed by atoms with E-state index in [0.717, 1.165) is 5.69 Å². The summed E-state index contributed by atoms with van der Waals surface area (Å²) in [6.07, 6.45) is 1.24. The molecule has 0 unspecified atom stereocenters. The zero-order chi connectivity index (χ0) is 11.7. The molecule has 0 amide bonds. The molecule has 2 aromatic rings. The second-order valence-electron chi connectivity index (χ2n) is 3.67. The minimum Gasteiger partial charge on any atom is -0.330 e. The summed E-state index contributed by atoms with van der Waals surface area (Å²) >= 11 is 0. The number of nitrogens with two attached hydrogens (primary N) is 1. The lowest BCUT2D eigenvalue weighted by molar-refractivity contribution is 0.848. The Hall–Kier alpha value is -1.69. The van der Waals surface area contributed by atoms with Gasteiger partial charge in [0.2, 0.25) is 5.78 Å². The van der Waals surface area contributed by atoms with Gasteiger partial charge in [-0.05, 0) is 19.9 Å². The van der Waals surface area contributed by atoms with E-state index >= 15 is 0 Å². The van der Waals surface area contributed by atoms with Crippen molar-refractivity contribution in [2.75, 3.05) is 6.54 Å². The summed E-state index contributed by atoms with van der Waals surface area (Å²) in [5.41, 5.74) is 6.83. The van der Waals surface area contributed by atoms with Gasteiger partial charge < -0.3 is 5.73 Å². The van der Waals surface area contributed by atoms with Gasteiger partial charge in [0.25, 0.3) is 5.56 Å². The number of H-pyrrole nitrogens is 1. The number of hydrogen-bond donors (Lipinski definition) is 2. The van der Waals surface area contributed by atoms with Crippen LogP contribution < -0.4 is 11.3 Å². The van der Waals surface area contributed by atoms with Gasteiger partial charge in [0.15, 0.2) is 0 Å². The third-order valence-corrected chi connectivity index (χ3v) is 2.64. The first-order chi connectivity index (χ1) is 7.69. The molecule has 6 heteroatoms. The summed E-state index contributed by atoms with van der Waals surface area (Å²) in [6.45, 7) is 4.21. The van der Waals surface area contributed by atoms with Crippen LogP contribution in [0.3, 0.4) is 0 Å². The maximum absolute atomic E-state index is 12.2. The summed E-state index contributed by atoms with van der Waals surface area (Å²) in [7, 11) is 0. The van der Waals surface area contributed by atoms with E-state index in [2.05, 4.69) is 15.2 Å². The SMILES string of the molecule is CCc1n[nH]c2nc(C)c(CCN)c(=O)n12. The first kappa shape index (κ1) is 10.8. The van der Waals surface area contributed by atoms with Crippen molar-refractivity contribution in [3.05, 3.63) is 27.4 Å². The first-order valence-electron chi connectivity index (χ1n) is 5.34. The monoisotopic (exact) mass is 221 g/mol. The lowest BCUT2D eigenvalue weighted by Gasteiger charge is -2.03. The van der Waals surface area contributed by atoms with Crippen LogP contribution in [0.1, 0.15) is 24.0 Å². The standard InChI is InChI=1S/C10H15N5O/c1-3-8-13-14-10-12-6(2)7(4-5-11)9(16)15(8)10/h3-5,11H2,1-2H3,(H,12,14). The molecule has 0 radical (unpaired) electrons. The second kappa shape index (κ2) is 4.05.